The third-order valence-corrected chi connectivity index (χ3v) is 2.34. The van der Waals surface area contributed by atoms with Crippen LogP contribution in [0.25, 0.3) is 0 Å². The van der Waals surface area contributed by atoms with E-state index in [2.05, 4.69) is 5.32 Å². The van der Waals surface area contributed by atoms with Gasteiger partial charge >= 0.3 is 0 Å². The van der Waals surface area contributed by atoms with Crippen molar-refractivity contribution >= 4 is 5.69 Å². The van der Waals surface area contributed by atoms with Crippen LogP contribution in [-0.2, 0) is 11.2 Å². The summed E-state index contributed by atoms with van der Waals surface area (Å²) in [5.74, 6) is 0.882. The Kier molecular flexibility index (Phi) is 5.67. The molecule has 4 heteroatoms. The molecule has 0 atom stereocenters. The van der Waals surface area contributed by atoms with E-state index in [1.165, 1.54) is 0 Å². The summed E-state index contributed by atoms with van der Waals surface area (Å²) in [5.41, 5.74) is 7.71. The van der Waals surface area contributed by atoms with Gasteiger partial charge < -0.3 is 20.5 Å². The Bertz CT molecular complexity index is 316. The Hall–Kier alpha value is -1.26. The van der Waals surface area contributed by atoms with Crippen LogP contribution in [0.5, 0.6) is 5.75 Å². The summed E-state index contributed by atoms with van der Waals surface area (Å²) in [5, 5.41) is 3.25. The normalized spacial score (nSPS) is 10.2. The fourth-order valence-electron chi connectivity index (χ4n) is 1.51. The number of nitrogens with two attached hydrogens (primary N) is 1. The first-order valence-electron chi connectivity index (χ1n) is 5.41. The highest BCUT2D eigenvalue weighted by Gasteiger charge is 2.03. The largest absolute Gasteiger partial charge is 0.496 e. The molecule has 0 saturated heterocycles. The second-order valence-corrected chi connectivity index (χ2v) is 3.48. The number of rotatable bonds is 7. The van der Waals surface area contributed by atoms with Crippen molar-refractivity contribution in [2.24, 2.45) is 5.73 Å². The van der Waals surface area contributed by atoms with Gasteiger partial charge in [0.1, 0.15) is 5.75 Å². The quantitative estimate of drug-likeness (QED) is 0.684. The van der Waals surface area contributed by atoms with Crippen molar-refractivity contribution in [1.82, 2.24) is 0 Å². The van der Waals surface area contributed by atoms with E-state index < -0.39 is 0 Å². The molecule has 0 aromatic heterocycles. The number of ether oxygens (including phenoxy) is 2. The Morgan fingerprint density at radius 3 is 2.75 bits per heavy atom. The second-order valence-electron chi connectivity index (χ2n) is 3.48. The number of benzene rings is 1. The third kappa shape index (κ3) is 3.72. The molecule has 0 bridgehead atoms. The van der Waals surface area contributed by atoms with Gasteiger partial charge in [-0.2, -0.15) is 0 Å². The molecule has 0 amide bonds. The number of hydrogen-bond donors (Lipinski definition) is 2. The maximum absolute atomic E-state index is 5.53. The molecule has 3 N–H and O–H groups in total. The van der Waals surface area contributed by atoms with Crippen LogP contribution in [0.1, 0.15) is 5.56 Å². The molecule has 1 rings (SSSR count). The van der Waals surface area contributed by atoms with Gasteiger partial charge in [-0.3, -0.25) is 0 Å². The lowest BCUT2D eigenvalue weighted by Crippen LogP contribution is -2.08. The molecule has 0 aliphatic carbocycles. The molecular weight excluding hydrogens is 204 g/mol. The minimum atomic E-state index is 0.632. The van der Waals surface area contributed by atoms with Crippen molar-refractivity contribution in [3.05, 3.63) is 23.8 Å². The summed E-state index contributed by atoms with van der Waals surface area (Å²) in [6, 6.07) is 6.06. The van der Waals surface area contributed by atoms with Crippen LogP contribution < -0.4 is 15.8 Å². The molecular formula is C12H20N2O2. The molecule has 1 aromatic carbocycles. The second kappa shape index (κ2) is 7.09. The zero-order chi connectivity index (χ0) is 11.8. The highest BCUT2D eigenvalue weighted by atomic mass is 16.5. The summed E-state index contributed by atoms with van der Waals surface area (Å²) < 4.78 is 10.3. The molecule has 0 spiro atoms. The van der Waals surface area contributed by atoms with Crippen LogP contribution >= 0.6 is 0 Å². The van der Waals surface area contributed by atoms with Crippen molar-refractivity contribution in [2.75, 3.05) is 39.2 Å². The Balaban J connectivity index is 2.66. The smallest absolute Gasteiger partial charge is 0.124 e. The maximum atomic E-state index is 5.53. The standard InChI is InChI=1S/C12H20N2O2/c1-15-8-7-14-11-4-3-10(5-6-13)12(9-11)16-2/h3-4,9,14H,5-8,13H2,1-2H3. The van der Waals surface area contributed by atoms with E-state index >= 15 is 0 Å². The van der Waals surface area contributed by atoms with Gasteiger partial charge in [-0.05, 0) is 24.6 Å². The van der Waals surface area contributed by atoms with E-state index in [1.54, 1.807) is 14.2 Å². The number of methoxy groups -OCH3 is 2. The fourth-order valence-corrected chi connectivity index (χ4v) is 1.51. The third-order valence-electron chi connectivity index (χ3n) is 2.34. The minimum absolute atomic E-state index is 0.632. The predicted molar refractivity (Wildman–Crippen MR) is 66.1 cm³/mol. The van der Waals surface area contributed by atoms with Gasteiger partial charge in [0, 0.05) is 25.4 Å². The van der Waals surface area contributed by atoms with Crippen LogP contribution in [-0.4, -0.2) is 33.9 Å². The molecule has 1 aromatic rings. The molecule has 4 nitrogen and oxygen atoms in total. The summed E-state index contributed by atoms with van der Waals surface area (Å²) in [6.45, 7) is 2.11. The first-order valence-corrected chi connectivity index (χ1v) is 5.41. The molecule has 0 unspecified atom stereocenters. The van der Waals surface area contributed by atoms with Crippen LogP contribution in [0.3, 0.4) is 0 Å². The van der Waals surface area contributed by atoms with E-state index in [9.17, 15) is 0 Å². The average molecular weight is 224 g/mol. The average Bonchev–Trinajstić information content (AvgIpc) is 2.31. The van der Waals surface area contributed by atoms with Crippen molar-refractivity contribution in [1.29, 1.82) is 0 Å². The van der Waals surface area contributed by atoms with Crippen LogP contribution in [0, 0.1) is 0 Å². The van der Waals surface area contributed by atoms with Crippen molar-refractivity contribution in [3.63, 3.8) is 0 Å². The molecule has 0 heterocycles. The van der Waals surface area contributed by atoms with Gasteiger partial charge in [-0.15, -0.1) is 0 Å². The van der Waals surface area contributed by atoms with E-state index in [1.807, 2.05) is 18.2 Å². The minimum Gasteiger partial charge on any atom is -0.496 e. The zero-order valence-corrected chi connectivity index (χ0v) is 9.95. The molecule has 0 radical (unpaired) electrons. The van der Waals surface area contributed by atoms with E-state index in [-0.39, 0.29) is 0 Å². The zero-order valence-electron chi connectivity index (χ0n) is 9.95. The van der Waals surface area contributed by atoms with E-state index in [4.69, 9.17) is 15.2 Å². The lowest BCUT2D eigenvalue weighted by atomic mass is 10.1. The number of nitrogens with one attached hydrogen (secondary N) is 1. The van der Waals surface area contributed by atoms with Gasteiger partial charge in [-0.25, -0.2) is 0 Å². The van der Waals surface area contributed by atoms with Crippen LogP contribution in [0.2, 0.25) is 0 Å². The van der Waals surface area contributed by atoms with Crippen molar-refractivity contribution in [2.45, 2.75) is 6.42 Å². The van der Waals surface area contributed by atoms with Crippen LogP contribution in [0.15, 0.2) is 18.2 Å². The number of hydrogen-bond acceptors (Lipinski definition) is 4. The fraction of sp³-hybridized carbons (Fsp3) is 0.500. The first-order chi connectivity index (χ1) is 7.81. The van der Waals surface area contributed by atoms with Gasteiger partial charge in [0.15, 0.2) is 0 Å². The molecule has 0 saturated carbocycles. The Morgan fingerprint density at radius 2 is 2.12 bits per heavy atom. The molecule has 16 heavy (non-hydrogen) atoms. The summed E-state index contributed by atoms with van der Waals surface area (Å²) in [4.78, 5) is 0. The molecule has 0 aliphatic heterocycles. The van der Waals surface area contributed by atoms with Gasteiger partial charge in [-0.1, -0.05) is 6.07 Å². The van der Waals surface area contributed by atoms with E-state index in [0.717, 1.165) is 30.0 Å². The maximum Gasteiger partial charge on any atom is 0.124 e. The highest BCUT2D eigenvalue weighted by molar-refractivity contribution is 5.52. The van der Waals surface area contributed by atoms with Gasteiger partial charge in [0.05, 0.1) is 13.7 Å². The van der Waals surface area contributed by atoms with Gasteiger partial charge in [0.2, 0.25) is 0 Å². The Labute approximate surface area is 96.7 Å². The lowest BCUT2D eigenvalue weighted by molar-refractivity contribution is 0.211. The van der Waals surface area contributed by atoms with Gasteiger partial charge in [0.25, 0.3) is 0 Å². The predicted octanol–water partition coefficient (Wildman–Crippen LogP) is 1.25. The van der Waals surface area contributed by atoms with Crippen molar-refractivity contribution < 1.29 is 9.47 Å². The van der Waals surface area contributed by atoms with Crippen molar-refractivity contribution in [3.8, 4) is 5.75 Å². The first kappa shape index (κ1) is 12.8. The SMILES string of the molecule is COCCNc1ccc(CCN)c(OC)c1. The number of anilines is 1. The van der Waals surface area contributed by atoms with E-state index in [0.29, 0.717) is 13.2 Å². The molecule has 0 aliphatic rings. The Morgan fingerprint density at radius 1 is 1.31 bits per heavy atom. The summed E-state index contributed by atoms with van der Waals surface area (Å²) in [6.07, 6.45) is 0.835. The topological polar surface area (TPSA) is 56.5 Å². The molecule has 90 valence electrons. The monoisotopic (exact) mass is 224 g/mol. The summed E-state index contributed by atoms with van der Waals surface area (Å²) in [7, 11) is 3.36. The van der Waals surface area contributed by atoms with Crippen LogP contribution in [0.4, 0.5) is 5.69 Å². The summed E-state index contributed by atoms with van der Waals surface area (Å²) >= 11 is 0. The molecule has 0 fully saturated rings. The lowest BCUT2D eigenvalue weighted by Gasteiger charge is -2.11. The highest BCUT2D eigenvalue weighted by Crippen LogP contribution is 2.23.